The van der Waals surface area contributed by atoms with E-state index in [2.05, 4.69) is 18.8 Å². The molecule has 1 unspecified atom stereocenters. The molecule has 0 aromatic carbocycles. The van der Waals surface area contributed by atoms with Gasteiger partial charge in [-0.25, -0.2) is 0 Å². The lowest BCUT2D eigenvalue weighted by Gasteiger charge is -2.00. The topological polar surface area (TPSA) is 9.23 Å². The van der Waals surface area contributed by atoms with E-state index in [1.807, 2.05) is 13.8 Å². The molecule has 0 bridgehead atoms. The fourth-order valence-corrected chi connectivity index (χ4v) is 0.435. The van der Waals surface area contributed by atoms with Gasteiger partial charge >= 0.3 is 0 Å². The van der Waals surface area contributed by atoms with Gasteiger partial charge in [0.15, 0.2) is 0 Å². The van der Waals surface area contributed by atoms with Gasteiger partial charge in [0.05, 0.1) is 0 Å². The summed E-state index contributed by atoms with van der Waals surface area (Å²) in [5.41, 5.74) is 0. The smallest absolute Gasteiger partial charge is 0.115 e. The van der Waals surface area contributed by atoms with Gasteiger partial charge in [-0.1, -0.05) is 11.8 Å². The third-order valence-corrected chi connectivity index (χ3v) is 0.722. The fourth-order valence-electron chi connectivity index (χ4n) is 0.435. The Morgan fingerprint density at radius 1 is 1.75 bits per heavy atom. The van der Waals surface area contributed by atoms with E-state index in [0.29, 0.717) is 0 Å². The van der Waals surface area contributed by atoms with Crippen molar-refractivity contribution < 1.29 is 4.74 Å². The van der Waals surface area contributed by atoms with Gasteiger partial charge in [-0.05, 0) is 13.8 Å². The van der Waals surface area contributed by atoms with E-state index >= 15 is 0 Å². The van der Waals surface area contributed by atoms with Crippen LogP contribution < -0.4 is 0 Å². The van der Waals surface area contributed by atoms with Crippen LogP contribution in [0.25, 0.3) is 0 Å². The SMILES string of the molecule is [CH2]C#CC(C)OCC. The molecule has 0 amide bonds. The van der Waals surface area contributed by atoms with Gasteiger partial charge in [0, 0.05) is 13.5 Å². The van der Waals surface area contributed by atoms with Crippen molar-refractivity contribution in [1.29, 1.82) is 0 Å². The number of hydrogen-bond acceptors (Lipinski definition) is 1. The summed E-state index contributed by atoms with van der Waals surface area (Å²) in [6, 6.07) is 0. The first-order chi connectivity index (χ1) is 3.81. The highest BCUT2D eigenvalue weighted by Crippen LogP contribution is 1.84. The summed E-state index contributed by atoms with van der Waals surface area (Å²) in [6.07, 6.45) is 0.0394. The zero-order chi connectivity index (χ0) is 6.41. The standard InChI is InChI=1S/C7H11O/c1-4-6-7(3)8-5-2/h7H,1,5H2,2-3H3. The molecule has 0 N–H and O–H groups in total. The highest BCUT2D eigenvalue weighted by molar-refractivity contribution is 5.05. The summed E-state index contributed by atoms with van der Waals surface area (Å²) < 4.78 is 5.07. The van der Waals surface area contributed by atoms with Crippen molar-refractivity contribution in [2.75, 3.05) is 6.61 Å². The molecular weight excluding hydrogens is 100 g/mol. The molecule has 0 heterocycles. The van der Waals surface area contributed by atoms with Gasteiger partial charge in [0.25, 0.3) is 0 Å². The van der Waals surface area contributed by atoms with Gasteiger partial charge in [-0.3, -0.25) is 0 Å². The Bertz CT molecular complexity index is 96.7. The minimum atomic E-state index is 0.0394. The highest BCUT2D eigenvalue weighted by atomic mass is 16.5. The second-order valence-corrected chi connectivity index (χ2v) is 1.42. The summed E-state index contributed by atoms with van der Waals surface area (Å²) in [7, 11) is 0. The third kappa shape index (κ3) is 3.70. The van der Waals surface area contributed by atoms with Gasteiger partial charge in [-0.15, -0.1) is 0 Å². The lowest BCUT2D eigenvalue weighted by molar-refractivity contribution is 0.116. The maximum absolute atomic E-state index is 5.07. The molecule has 0 aliphatic carbocycles. The Kier molecular flexibility index (Phi) is 4.39. The molecule has 8 heavy (non-hydrogen) atoms. The van der Waals surface area contributed by atoms with Crippen molar-refractivity contribution in [2.24, 2.45) is 0 Å². The maximum atomic E-state index is 5.07. The van der Waals surface area contributed by atoms with E-state index in [-0.39, 0.29) is 6.10 Å². The van der Waals surface area contributed by atoms with Crippen molar-refractivity contribution >= 4 is 0 Å². The maximum Gasteiger partial charge on any atom is 0.115 e. The average molecular weight is 111 g/mol. The normalized spacial score (nSPS) is 11.9. The molecule has 0 saturated heterocycles. The van der Waals surface area contributed by atoms with E-state index in [1.54, 1.807) is 0 Å². The monoisotopic (exact) mass is 111 g/mol. The molecule has 1 radical (unpaired) electrons. The van der Waals surface area contributed by atoms with Crippen LogP contribution in [0.1, 0.15) is 13.8 Å². The fraction of sp³-hybridized carbons (Fsp3) is 0.571. The van der Waals surface area contributed by atoms with E-state index in [4.69, 9.17) is 4.74 Å². The summed E-state index contributed by atoms with van der Waals surface area (Å²) in [5, 5.41) is 0. The number of rotatable bonds is 2. The second kappa shape index (κ2) is 4.67. The molecule has 1 atom stereocenters. The van der Waals surface area contributed by atoms with Crippen LogP contribution in [-0.4, -0.2) is 12.7 Å². The van der Waals surface area contributed by atoms with Gasteiger partial charge < -0.3 is 4.74 Å². The lowest BCUT2D eigenvalue weighted by Crippen LogP contribution is -2.03. The molecule has 45 valence electrons. The molecule has 1 nitrogen and oxygen atoms in total. The largest absolute Gasteiger partial charge is 0.366 e. The third-order valence-electron chi connectivity index (χ3n) is 0.722. The Balaban J connectivity index is 3.27. The van der Waals surface area contributed by atoms with Crippen molar-refractivity contribution in [2.45, 2.75) is 20.0 Å². The average Bonchev–Trinajstić information content (AvgIpc) is 1.68. The van der Waals surface area contributed by atoms with Crippen molar-refractivity contribution in [3.63, 3.8) is 0 Å². The molecule has 0 aromatic heterocycles. The predicted molar refractivity (Wildman–Crippen MR) is 34.2 cm³/mol. The Hall–Kier alpha value is -0.480. The number of hydrogen-bond donors (Lipinski definition) is 0. The second-order valence-electron chi connectivity index (χ2n) is 1.42. The molecule has 0 fully saturated rings. The first-order valence-electron chi connectivity index (χ1n) is 2.70. The lowest BCUT2D eigenvalue weighted by atomic mass is 10.4. The van der Waals surface area contributed by atoms with E-state index in [1.165, 1.54) is 0 Å². The summed E-state index contributed by atoms with van der Waals surface area (Å²) >= 11 is 0. The minimum absolute atomic E-state index is 0.0394. The van der Waals surface area contributed by atoms with E-state index in [0.717, 1.165) is 6.61 Å². The summed E-state index contributed by atoms with van der Waals surface area (Å²) in [4.78, 5) is 0. The quantitative estimate of drug-likeness (QED) is 0.487. The van der Waals surface area contributed by atoms with Crippen LogP contribution in [-0.2, 0) is 4.74 Å². The first kappa shape index (κ1) is 7.52. The molecule has 0 spiro atoms. The van der Waals surface area contributed by atoms with Crippen LogP contribution in [0.15, 0.2) is 0 Å². The molecule has 0 aliphatic heterocycles. The summed E-state index contributed by atoms with van der Waals surface area (Å²) in [6.45, 7) is 7.94. The first-order valence-corrected chi connectivity index (χ1v) is 2.70. The molecule has 0 rings (SSSR count). The van der Waals surface area contributed by atoms with E-state index < -0.39 is 0 Å². The molecule has 0 aromatic rings. The Morgan fingerprint density at radius 2 is 2.38 bits per heavy atom. The number of ether oxygens (including phenoxy) is 1. The summed E-state index contributed by atoms with van der Waals surface area (Å²) in [5.74, 6) is 5.29. The van der Waals surface area contributed by atoms with Gasteiger partial charge in [0.2, 0.25) is 0 Å². The van der Waals surface area contributed by atoms with Crippen LogP contribution in [0.5, 0.6) is 0 Å². The Morgan fingerprint density at radius 3 is 2.75 bits per heavy atom. The van der Waals surface area contributed by atoms with Crippen molar-refractivity contribution in [3.8, 4) is 11.8 Å². The van der Waals surface area contributed by atoms with Crippen molar-refractivity contribution in [3.05, 3.63) is 6.92 Å². The molecule has 0 saturated carbocycles. The zero-order valence-corrected chi connectivity index (χ0v) is 5.40. The van der Waals surface area contributed by atoms with Crippen LogP contribution in [0.3, 0.4) is 0 Å². The molecular formula is C7H11O. The zero-order valence-electron chi connectivity index (χ0n) is 5.40. The Labute approximate surface area is 51.0 Å². The minimum Gasteiger partial charge on any atom is -0.366 e. The van der Waals surface area contributed by atoms with E-state index in [9.17, 15) is 0 Å². The highest BCUT2D eigenvalue weighted by Gasteiger charge is 1.89. The molecule has 0 aliphatic rings. The van der Waals surface area contributed by atoms with Crippen LogP contribution in [0.2, 0.25) is 0 Å². The van der Waals surface area contributed by atoms with Crippen LogP contribution in [0.4, 0.5) is 0 Å². The van der Waals surface area contributed by atoms with Crippen LogP contribution in [0, 0.1) is 18.8 Å². The van der Waals surface area contributed by atoms with Gasteiger partial charge in [-0.2, -0.15) is 0 Å². The predicted octanol–water partition coefficient (Wildman–Crippen LogP) is 1.25. The van der Waals surface area contributed by atoms with Gasteiger partial charge in [0.1, 0.15) is 6.10 Å². The molecule has 1 heteroatoms. The van der Waals surface area contributed by atoms with Crippen LogP contribution >= 0.6 is 0 Å². The van der Waals surface area contributed by atoms with Crippen molar-refractivity contribution in [1.82, 2.24) is 0 Å².